The summed E-state index contributed by atoms with van der Waals surface area (Å²) in [4.78, 5) is 4.49. The summed E-state index contributed by atoms with van der Waals surface area (Å²) in [6.45, 7) is 19.1. The van der Waals surface area contributed by atoms with Gasteiger partial charge in [0.15, 0.2) is 0 Å². The second-order valence-corrected chi connectivity index (χ2v) is 18.8. The molecule has 0 N–H and O–H groups in total. The summed E-state index contributed by atoms with van der Waals surface area (Å²) < 4.78 is 12.4. The molecule has 6 nitrogen and oxygen atoms in total. The van der Waals surface area contributed by atoms with Gasteiger partial charge in [0.25, 0.3) is 0 Å². The Morgan fingerprint density at radius 3 is 2.27 bits per heavy atom. The van der Waals surface area contributed by atoms with E-state index in [0.29, 0.717) is 23.7 Å². The highest BCUT2D eigenvalue weighted by atomic mass is 16.5. The molecule has 1 atom stereocenters. The van der Waals surface area contributed by atoms with Crippen molar-refractivity contribution in [2.45, 2.75) is 93.9 Å². The maximum Gasteiger partial charge on any atom is 0.143 e. The molecule has 0 amide bonds. The van der Waals surface area contributed by atoms with Gasteiger partial charge in [-0.2, -0.15) is 10.5 Å². The number of allylic oxidation sites excluding steroid dienone is 12. The summed E-state index contributed by atoms with van der Waals surface area (Å²) in [5.74, 6) is 1.70. The van der Waals surface area contributed by atoms with Crippen LogP contribution in [0, 0.1) is 28.6 Å². The van der Waals surface area contributed by atoms with E-state index in [1.807, 2.05) is 43.3 Å². The normalized spacial score (nSPS) is 15.8. The van der Waals surface area contributed by atoms with Crippen molar-refractivity contribution < 1.29 is 9.47 Å². The number of rotatable bonds is 18. The van der Waals surface area contributed by atoms with E-state index in [2.05, 4.69) is 229 Å². The molecule has 1 unspecified atom stereocenters. The molecule has 5 aromatic carbocycles. The Morgan fingerprint density at radius 2 is 1.60 bits per heavy atom. The molecule has 75 heavy (non-hydrogen) atoms. The summed E-state index contributed by atoms with van der Waals surface area (Å²) in [5.41, 5.74) is 13.2. The molecule has 5 aromatic rings. The first-order valence-corrected chi connectivity index (χ1v) is 26.3. The molecule has 0 aromatic heterocycles. The smallest absolute Gasteiger partial charge is 0.143 e. The first-order chi connectivity index (χ1) is 36.5. The maximum atomic E-state index is 10.0. The van der Waals surface area contributed by atoms with Crippen molar-refractivity contribution in [2.24, 2.45) is 5.92 Å². The van der Waals surface area contributed by atoms with Gasteiger partial charge < -0.3 is 19.3 Å². The average molecular weight is 991 g/mol. The standard InChI is InChI=1S/C69H74N4O2/c1-12-17-33-63(56-29-19-26-52(15-4)44-56)67(74-10)48-72(58-31-20-27-53(46-70)36-40-58)66(24-14-3)65-43-39-55(68(61(65)16-5)50(8)23-13-2)28-18-25-51(9)73(59-41-37-54(47-71)38-42-59)60-32-21-30-57(45-60)64-35-22-34-62(49(6)7)69(64)75-11/h12-14,16-17,19,21-26,28-45,48-49,53H,15,18,20,27H2,1-11H3/b17-12-,23-13-,24-14-,51-25+,55-28-,61-16+,63-33-,66-65?,67-48-,68-50-. The third-order valence-corrected chi connectivity index (χ3v) is 13.5. The number of para-hydroxylation sites is 1. The summed E-state index contributed by atoms with van der Waals surface area (Å²) in [6.07, 6.45) is 33.1. The molecule has 0 saturated heterocycles. The van der Waals surface area contributed by atoms with E-state index in [1.165, 1.54) is 11.1 Å². The van der Waals surface area contributed by atoms with E-state index in [1.54, 1.807) is 14.2 Å². The second-order valence-electron chi connectivity index (χ2n) is 18.8. The van der Waals surface area contributed by atoms with E-state index in [-0.39, 0.29) is 5.92 Å². The minimum absolute atomic E-state index is 0.187. The van der Waals surface area contributed by atoms with Crippen LogP contribution in [0.1, 0.15) is 110 Å². The average Bonchev–Trinajstić information content (AvgIpc) is 3.69. The van der Waals surface area contributed by atoms with Crippen molar-refractivity contribution >= 4 is 40.4 Å². The summed E-state index contributed by atoms with van der Waals surface area (Å²) in [6, 6.07) is 40.6. The predicted molar refractivity (Wildman–Crippen MR) is 317 cm³/mol. The van der Waals surface area contributed by atoms with E-state index < -0.39 is 0 Å². The summed E-state index contributed by atoms with van der Waals surface area (Å²) in [7, 11) is 3.48. The molecule has 0 heterocycles. The van der Waals surface area contributed by atoms with Gasteiger partial charge in [-0.3, -0.25) is 0 Å². The zero-order valence-electron chi connectivity index (χ0n) is 46.0. The lowest BCUT2D eigenvalue weighted by Crippen LogP contribution is -2.50. The number of nitriles is 2. The zero-order valence-corrected chi connectivity index (χ0v) is 46.0. The van der Waals surface area contributed by atoms with E-state index >= 15 is 0 Å². The highest BCUT2D eigenvalue weighted by Gasteiger charge is 2.20. The number of ether oxygens (including phenoxy) is 2. The first kappa shape index (κ1) is 56.0. The largest absolute Gasteiger partial charge is 0.496 e. The van der Waals surface area contributed by atoms with Crippen LogP contribution in [0.3, 0.4) is 0 Å². The van der Waals surface area contributed by atoms with Crippen molar-refractivity contribution in [3.63, 3.8) is 0 Å². The third kappa shape index (κ3) is 13.7. The number of hydrogen-bond acceptors (Lipinski definition) is 6. The van der Waals surface area contributed by atoms with E-state index in [0.717, 1.165) is 102 Å². The van der Waals surface area contributed by atoms with Gasteiger partial charge in [0.05, 0.1) is 49.7 Å². The van der Waals surface area contributed by atoms with Crippen LogP contribution in [0.2, 0.25) is 0 Å². The van der Waals surface area contributed by atoms with Crippen LogP contribution in [0.5, 0.6) is 5.75 Å². The number of nitrogens with zero attached hydrogens (tertiary/aromatic N) is 4. The lowest BCUT2D eigenvalue weighted by molar-refractivity contribution is 0.304. The van der Waals surface area contributed by atoms with Gasteiger partial charge in [-0.25, -0.2) is 0 Å². The van der Waals surface area contributed by atoms with Crippen LogP contribution >= 0.6 is 0 Å². The maximum absolute atomic E-state index is 10.0. The Bertz CT molecular complexity index is 3430. The first-order valence-electron chi connectivity index (χ1n) is 26.3. The fraction of sp³-hybridized carbons (Fsp3) is 0.246. The lowest BCUT2D eigenvalue weighted by atomic mass is 9.95. The molecule has 0 aliphatic heterocycles. The number of aryl methyl sites for hydroxylation is 1. The van der Waals surface area contributed by atoms with Crippen LogP contribution in [-0.2, 0) is 11.2 Å². The van der Waals surface area contributed by atoms with Crippen LogP contribution in [-0.4, -0.2) is 19.1 Å². The van der Waals surface area contributed by atoms with Gasteiger partial charge in [-0.1, -0.05) is 154 Å². The van der Waals surface area contributed by atoms with E-state index in [9.17, 15) is 10.5 Å². The molecule has 1 aliphatic rings. The molecular weight excluding hydrogens is 917 g/mol. The Hall–Kier alpha value is -8.32. The highest BCUT2D eigenvalue weighted by Crippen LogP contribution is 2.40. The van der Waals surface area contributed by atoms with Crippen molar-refractivity contribution in [2.75, 3.05) is 19.1 Å². The van der Waals surface area contributed by atoms with Gasteiger partial charge >= 0.3 is 0 Å². The van der Waals surface area contributed by atoms with Gasteiger partial charge in [-0.05, 0) is 165 Å². The molecule has 382 valence electrons. The summed E-state index contributed by atoms with van der Waals surface area (Å²) >= 11 is 0. The Labute approximate surface area is 447 Å². The Kier molecular flexibility index (Phi) is 20.6. The van der Waals surface area contributed by atoms with E-state index in [4.69, 9.17) is 9.47 Å². The third-order valence-electron chi connectivity index (χ3n) is 13.5. The minimum atomic E-state index is -0.187. The van der Waals surface area contributed by atoms with Crippen molar-refractivity contribution in [1.82, 2.24) is 4.90 Å². The number of anilines is 2. The van der Waals surface area contributed by atoms with Crippen LogP contribution in [0.25, 0.3) is 40.1 Å². The fourth-order valence-electron chi connectivity index (χ4n) is 9.71. The predicted octanol–water partition coefficient (Wildman–Crippen LogP) is 14.9. The van der Waals surface area contributed by atoms with Gasteiger partial charge in [-0.15, -0.1) is 0 Å². The quantitative estimate of drug-likeness (QED) is 0.0643. The number of hydrogen-bond donors (Lipinski definition) is 0. The highest BCUT2D eigenvalue weighted by molar-refractivity contribution is 5.80. The Balaban J connectivity index is 1.58. The number of benzene rings is 5. The zero-order chi connectivity index (χ0) is 53.9. The topological polar surface area (TPSA) is 72.5 Å². The van der Waals surface area contributed by atoms with Gasteiger partial charge in [0.1, 0.15) is 11.5 Å². The van der Waals surface area contributed by atoms with Gasteiger partial charge in [0, 0.05) is 39.1 Å². The SMILES string of the molecule is C\C=C/C=C(\C(=C\N(C1=CCCC(C#N)C=C1)C(/C=C\C)=c1ccc(=C/C/C=C(\C)N(c2ccc(C#N)cc2)c2cccc(-c3cccc(C(C)C)c3OC)c2)/c(=C(C)/C=C\C)/c1=C/C)OC)c1cccc(CC)c1. The molecular formula is C69H74N4O2. The van der Waals surface area contributed by atoms with Crippen molar-refractivity contribution in [3.8, 4) is 29.0 Å². The van der Waals surface area contributed by atoms with Crippen LogP contribution in [0.4, 0.5) is 11.4 Å². The van der Waals surface area contributed by atoms with Crippen molar-refractivity contribution in [3.05, 3.63) is 236 Å². The molecule has 0 saturated carbocycles. The molecule has 0 radical (unpaired) electrons. The van der Waals surface area contributed by atoms with Crippen LogP contribution in [0.15, 0.2) is 193 Å². The Morgan fingerprint density at radius 1 is 0.840 bits per heavy atom. The molecule has 1 aliphatic carbocycles. The molecule has 6 rings (SSSR count). The molecule has 6 heteroatoms. The summed E-state index contributed by atoms with van der Waals surface area (Å²) in [5, 5.41) is 24.2. The molecule has 0 spiro atoms. The number of methoxy groups -OCH3 is 2. The van der Waals surface area contributed by atoms with Gasteiger partial charge in [0.2, 0.25) is 0 Å². The van der Waals surface area contributed by atoms with Crippen LogP contribution < -0.4 is 30.5 Å². The molecule has 0 bridgehead atoms. The minimum Gasteiger partial charge on any atom is -0.496 e. The monoisotopic (exact) mass is 991 g/mol. The fourth-order valence-corrected chi connectivity index (χ4v) is 9.71. The van der Waals surface area contributed by atoms with Crippen molar-refractivity contribution in [1.29, 1.82) is 10.5 Å². The molecule has 0 fully saturated rings. The second kappa shape index (κ2) is 27.7. The lowest BCUT2D eigenvalue weighted by Gasteiger charge is -2.27.